The van der Waals surface area contributed by atoms with Gasteiger partial charge in [0.25, 0.3) is 0 Å². The van der Waals surface area contributed by atoms with Crippen molar-refractivity contribution in [2.24, 2.45) is 5.92 Å². The molecule has 0 saturated heterocycles. The Morgan fingerprint density at radius 1 is 1.26 bits per heavy atom. The number of carbonyl (C=O) groups excluding carboxylic acids is 1. The number of hydrogen-bond acceptors (Lipinski definition) is 4. The van der Waals surface area contributed by atoms with Crippen LogP contribution in [0, 0.1) is 5.92 Å². The van der Waals surface area contributed by atoms with E-state index < -0.39 is 21.5 Å². The molecule has 19 heavy (non-hydrogen) atoms. The number of nitrogens with zero attached hydrogens (tertiary/aromatic N) is 1. The van der Waals surface area contributed by atoms with Gasteiger partial charge in [-0.05, 0) is 30.2 Å². The molecule has 0 fully saturated rings. The summed E-state index contributed by atoms with van der Waals surface area (Å²) >= 11 is 0. The van der Waals surface area contributed by atoms with E-state index in [2.05, 4.69) is 0 Å². The van der Waals surface area contributed by atoms with Crippen LogP contribution < -0.4 is 10.6 Å². The van der Waals surface area contributed by atoms with Crippen molar-refractivity contribution in [3.05, 3.63) is 24.3 Å². The number of nitrogens with two attached hydrogens (primary N) is 1. The summed E-state index contributed by atoms with van der Waals surface area (Å²) in [6.45, 7) is 3.62. The SMILES string of the molecule is CC(C)CS(=O)(=O)CC(=O)N(C)c1ccc(N)cc1. The van der Waals surface area contributed by atoms with Crippen molar-refractivity contribution < 1.29 is 13.2 Å². The van der Waals surface area contributed by atoms with Gasteiger partial charge in [-0.1, -0.05) is 13.8 Å². The minimum atomic E-state index is -3.36. The first-order valence-electron chi connectivity index (χ1n) is 6.04. The van der Waals surface area contributed by atoms with Gasteiger partial charge >= 0.3 is 0 Å². The van der Waals surface area contributed by atoms with Gasteiger partial charge in [0, 0.05) is 18.4 Å². The highest BCUT2D eigenvalue weighted by atomic mass is 32.2. The number of anilines is 2. The van der Waals surface area contributed by atoms with E-state index in [4.69, 9.17) is 5.73 Å². The fraction of sp³-hybridized carbons (Fsp3) is 0.462. The second-order valence-electron chi connectivity index (χ2n) is 4.99. The standard InChI is InChI=1S/C13H20N2O3S/c1-10(2)8-19(17,18)9-13(16)15(3)12-6-4-11(14)5-7-12/h4-7,10H,8-9,14H2,1-3H3. The first-order valence-corrected chi connectivity index (χ1v) is 7.86. The van der Waals surface area contributed by atoms with Gasteiger partial charge in [0.1, 0.15) is 5.75 Å². The third kappa shape index (κ3) is 4.90. The van der Waals surface area contributed by atoms with E-state index in [0.717, 1.165) is 0 Å². The largest absolute Gasteiger partial charge is 0.399 e. The maximum absolute atomic E-state index is 11.9. The highest BCUT2D eigenvalue weighted by molar-refractivity contribution is 7.92. The molecule has 0 aliphatic heterocycles. The smallest absolute Gasteiger partial charge is 0.241 e. The molecule has 0 unspecified atom stereocenters. The predicted molar refractivity (Wildman–Crippen MR) is 77.8 cm³/mol. The van der Waals surface area contributed by atoms with Crippen molar-refractivity contribution >= 4 is 27.1 Å². The van der Waals surface area contributed by atoms with Gasteiger partial charge in [-0.25, -0.2) is 8.42 Å². The van der Waals surface area contributed by atoms with Crippen molar-refractivity contribution in [1.82, 2.24) is 0 Å². The van der Waals surface area contributed by atoms with Crippen molar-refractivity contribution in [1.29, 1.82) is 0 Å². The van der Waals surface area contributed by atoms with Gasteiger partial charge in [-0.15, -0.1) is 0 Å². The molecule has 106 valence electrons. The molecule has 1 aromatic rings. The molecule has 1 amide bonds. The third-order valence-corrected chi connectivity index (χ3v) is 4.45. The molecule has 0 atom stereocenters. The molecule has 5 nitrogen and oxygen atoms in total. The van der Waals surface area contributed by atoms with Crippen LogP contribution in [-0.2, 0) is 14.6 Å². The molecular weight excluding hydrogens is 264 g/mol. The quantitative estimate of drug-likeness (QED) is 0.826. The van der Waals surface area contributed by atoms with E-state index in [1.54, 1.807) is 31.3 Å². The molecular formula is C13H20N2O3S. The van der Waals surface area contributed by atoms with Crippen LogP contribution in [0.15, 0.2) is 24.3 Å². The molecule has 0 radical (unpaired) electrons. The van der Waals surface area contributed by atoms with Crippen LogP contribution >= 0.6 is 0 Å². The van der Waals surface area contributed by atoms with E-state index >= 15 is 0 Å². The second-order valence-corrected chi connectivity index (χ2v) is 7.10. The first kappa shape index (κ1) is 15.5. The minimum Gasteiger partial charge on any atom is -0.399 e. The Kier molecular flexibility index (Phi) is 4.94. The van der Waals surface area contributed by atoms with Gasteiger partial charge in [0.05, 0.1) is 5.75 Å². The lowest BCUT2D eigenvalue weighted by Gasteiger charge is -2.17. The summed E-state index contributed by atoms with van der Waals surface area (Å²) in [6.07, 6.45) is 0. The monoisotopic (exact) mass is 284 g/mol. The Morgan fingerprint density at radius 3 is 2.26 bits per heavy atom. The highest BCUT2D eigenvalue weighted by Crippen LogP contribution is 2.15. The summed E-state index contributed by atoms with van der Waals surface area (Å²) < 4.78 is 23.5. The summed E-state index contributed by atoms with van der Waals surface area (Å²) in [5.74, 6) is -0.870. The van der Waals surface area contributed by atoms with Crippen molar-refractivity contribution in [3.63, 3.8) is 0 Å². The Hall–Kier alpha value is -1.56. The second kappa shape index (κ2) is 6.06. The van der Waals surface area contributed by atoms with E-state index in [9.17, 15) is 13.2 Å². The lowest BCUT2D eigenvalue weighted by Crippen LogP contribution is -2.33. The van der Waals surface area contributed by atoms with Gasteiger partial charge in [0.15, 0.2) is 9.84 Å². The lowest BCUT2D eigenvalue weighted by atomic mass is 10.2. The molecule has 0 aliphatic carbocycles. The zero-order chi connectivity index (χ0) is 14.6. The number of carbonyl (C=O) groups is 1. The van der Waals surface area contributed by atoms with Crippen LogP contribution in [0.25, 0.3) is 0 Å². The van der Waals surface area contributed by atoms with Crippen LogP contribution in [0.2, 0.25) is 0 Å². The number of rotatable bonds is 5. The Labute approximate surface area is 114 Å². The van der Waals surface area contributed by atoms with E-state index in [0.29, 0.717) is 11.4 Å². The van der Waals surface area contributed by atoms with E-state index in [1.165, 1.54) is 4.90 Å². The summed E-state index contributed by atoms with van der Waals surface area (Å²) in [5.41, 5.74) is 6.78. The number of sulfone groups is 1. The Morgan fingerprint density at radius 2 is 1.79 bits per heavy atom. The lowest BCUT2D eigenvalue weighted by molar-refractivity contribution is -0.115. The van der Waals surface area contributed by atoms with Crippen molar-refractivity contribution in [2.75, 3.05) is 29.2 Å². The zero-order valence-electron chi connectivity index (χ0n) is 11.5. The molecule has 0 aromatic heterocycles. The van der Waals surface area contributed by atoms with Crippen LogP contribution in [0.4, 0.5) is 11.4 Å². The molecule has 0 bridgehead atoms. The topological polar surface area (TPSA) is 80.5 Å². The fourth-order valence-electron chi connectivity index (χ4n) is 1.69. The van der Waals surface area contributed by atoms with Crippen molar-refractivity contribution in [3.8, 4) is 0 Å². The minimum absolute atomic E-state index is 0.0135. The average Bonchev–Trinajstić information content (AvgIpc) is 2.26. The molecule has 6 heteroatoms. The Balaban J connectivity index is 2.75. The maximum Gasteiger partial charge on any atom is 0.241 e. The summed E-state index contributed by atoms with van der Waals surface area (Å²) in [5, 5.41) is 0. The first-order chi connectivity index (χ1) is 8.71. The molecule has 2 N–H and O–H groups in total. The van der Waals surface area contributed by atoms with Gasteiger partial charge in [-0.2, -0.15) is 0 Å². The maximum atomic E-state index is 11.9. The zero-order valence-corrected chi connectivity index (χ0v) is 12.3. The molecule has 1 rings (SSSR count). The number of hydrogen-bond donors (Lipinski definition) is 1. The van der Waals surface area contributed by atoms with Gasteiger partial charge in [-0.3, -0.25) is 4.79 Å². The van der Waals surface area contributed by atoms with E-state index in [1.807, 2.05) is 13.8 Å². The third-order valence-electron chi connectivity index (χ3n) is 2.59. The van der Waals surface area contributed by atoms with Crippen molar-refractivity contribution in [2.45, 2.75) is 13.8 Å². The van der Waals surface area contributed by atoms with Gasteiger partial charge < -0.3 is 10.6 Å². The van der Waals surface area contributed by atoms with Crippen LogP contribution in [0.3, 0.4) is 0 Å². The van der Waals surface area contributed by atoms with Crippen LogP contribution in [-0.4, -0.2) is 32.9 Å². The molecule has 0 aliphatic rings. The molecule has 0 heterocycles. The van der Waals surface area contributed by atoms with Crippen LogP contribution in [0.5, 0.6) is 0 Å². The summed E-state index contributed by atoms with van der Waals surface area (Å²) in [7, 11) is -1.80. The van der Waals surface area contributed by atoms with Gasteiger partial charge in [0.2, 0.25) is 5.91 Å². The highest BCUT2D eigenvalue weighted by Gasteiger charge is 2.21. The van der Waals surface area contributed by atoms with Crippen LogP contribution in [0.1, 0.15) is 13.8 Å². The molecule has 0 spiro atoms. The average molecular weight is 284 g/mol. The predicted octanol–water partition coefficient (Wildman–Crippen LogP) is 1.30. The number of nitrogen functional groups attached to an aromatic ring is 1. The fourth-order valence-corrected chi connectivity index (χ4v) is 3.40. The number of amides is 1. The van der Waals surface area contributed by atoms with E-state index in [-0.39, 0.29) is 11.7 Å². The summed E-state index contributed by atoms with van der Waals surface area (Å²) in [4.78, 5) is 13.3. The summed E-state index contributed by atoms with van der Waals surface area (Å²) in [6, 6.07) is 6.70. The normalized spacial score (nSPS) is 11.6. The molecule has 0 saturated carbocycles. The molecule has 1 aromatic carbocycles. The number of benzene rings is 1. The Bertz CT molecular complexity index is 536.